The Morgan fingerprint density at radius 1 is 1.08 bits per heavy atom. The number of carbonyl (C=O) groups is 1. The van der Waals surface area contributed by atoms with Crippen LogP contribution in [0.1, 0.15) is 13.8 Å². The molecule has 140 valence electrons. The lowest BCUT2D eigenvalue weighted by Gasteiger charge is -2.24. The van der Waals surface area contributed by atoms with Crippen LogP contribution >= 0.6 is 23.2 Å². The van der Waals surface area contributed by atoms with Crippen molar-refractivity contribution < 1.29 is 13.2 Å². The Labute approximate surface area is 164 Å². The number of hydrogen-bond acceptors (Lipinski definition) is 3. The second-order valence-electron chi connectivity index (χ2n) is 6.15. The number of sulfonamides is 1. The molecule has 2 aromatic rings. The van der Waals surface area contributed by atoms with Crippen molar-refractivity contribution >= 4 is 44.8 Å². The summed E-state index contributed by atoms with van der Waals surface area (Å²) in [6, 6.07) is 12.3. The van der Waals surface area contributed by atoms with E-state index in [1.807, 2.05) is 13.8 Å². The van der Waals surface area contributed by atoms with Gasteiger partial charge in [-0.25, -0.2) is 8.42 Å². The summed E-state index contributed by atoms with van der Waals surface area (Å²) in [4.78, 5) is 12.4. The molecule has 0 unspecified atom stereocenters. The summed E-state index contributed by atoms with van der Waals surface area (Å²) in [5.74, 6) is -0.159. The molecule has 0 aromatic heterocycles. The van der Waals surface area contributed by atoms with Gasteiger partial charge in [0.15, 0.2) is 0 Å². The molecule has 1 amide bonds. The molecular weight excluding hydrogens is 395 g/mol. The van der Waals surface area contributed by atoms with Crippen LogP contribution in [0.15, 0.2) is 53.4 Å². The number of nitrogens with one attached hydrogen (secondary N) is 1. The number of carbonyl (C=O) groups excluding carboxylic acids is 1. The number of halogens is 2. The van der Waals surface area contributed by atoms with Crippen molar-refractivity contribution in [3.8, 4) is 0 Å². The highest BCUT2D eigenvalue weighted by atomic mass is 35.5. The minimum Gasteiger partial charge on any atom is -0.354 e. The summed E-state index contributed by atoms with van der Waals surface area (Å²) in [7, 11) is -3.97. The summed E-state index contributed by atoms with van der Waals surface area (Å²) < 4.78 is 27.2. The van der Waals surface area contributed by atoms with E-state index in [4.69, 9.17) is 23.2 Å². The standard InChI is InChI=1S/C18H20Cl2N2O3S/c1-13(2)11-21-18(23)12-22(16-9-14(19)8-15(20)10-16)26(24,25)17-6-4-3-5-7-17/h3-10,13H,11-12H2,1-2H3,(H,21,23). The molecule has 0 bridgehead atoms. The van der Waals surface area contributed by atoms with Gasteiger partial charge in [-0.1, -0.05) is 55.2 Å². The zero-order valence-electron chi connectivity index (χ0n) is 14.4. The van der Waals surface area contributed by atoms with E-state index < -0.39 is 15.9 Å². The Morgan fingerprint density at radius 3 is 2.19 bits per heavy atom. The van der Waals surface area contributed by atoms with Crippen LogP contribution in [-0.4, -0.2) is 27.4 Å². The van der Waals surface area contributed by atoms with E-state index in [1.54, 1.807) is 18.2 Å². The molecule has 0 saturated carbocycles. The molecule has 1 N–H and O–H groups in total. The van der Waals surface area contributed by atoms with Crippen molar-refractivity contribution in [1.82, 2.24) is 5.32 Å². The molecule has 0 aliphatic heterocycles. The van der Waals surface area contributed by atoms with Crippen molar-refractivity contribution in [2.75, 3.05) is 17.4 Å². The first-order valence-corrected chi connectivity index (χ1v) is 10.2. The second kappa shape index (κ2) is 8.75. The van der Waals surface area contributed by atoms with Gasteiger partial charge in [0.2, 0.25) is 5.91 Å². The highest BCUT2D eigenvalue weighted by molar-refractivity contribution is 7.92. The zero-order valence-corrected chi connectivity index (χ0v) is 16.8. The normalized spacial score (nSPS) is 11.4. The molecular formula is C18H20Cl2N2O3S. The van der Waals surface area contributed by atoms with Crippen LogP contribution < -0.4 is 9.62 Å². The van der Waals surface area contributed by atoms with E-state index in [9.17, 15) is 13.2 Å². The maximum atomic E-state index is 13.1. The number of amides is 1. The molecule has 0 atom stereocenters. The molecule has 0 aliphatic rings. The van der Waals surface area contributed by atoms with Gasteiger partial charge in [0.1, 0.15) is 6.54 Å². The quantitative estimate of drug-likeness (QED) is 0.745. The van der Waals surface area contributed by atoms with E-state index in [0.717, 1.165) is 4.31 Å². The largest absolute Gasteiger partial charge is 0.354 e. The first-order valence-electron chi connectivity index (χ1n) is 8.00. The Bertz CT molecular complexity index is 851. The predicted octanol–water partition coefficient (Wildman–Crippen LogP) is 3.96. The molecule has 8 heteroatoms. The van der Waals surface area contributed by atoms with Crippen LogP contribution in [0.2, 0.25) is 10.0 Å². The third kappa shape index (κ3) is 5.37. The minimum atomic E-state index is -3.97. The third-order valence-corrected chi connectivity index (χ3v) is 5.69. The summed E-state index contributed by atoms with van der Waals surface area (Å²) in [5.41, 5.74) is 0.228. The van der Waals surface area contributed by atoms with Gasteiger partial charge in [-0.15, -0.1) is 0 Å². The summed E-state index contributed by atoms with van der Waals surface area (Å²) in [6.07, 6.45) is 0. The lowest BCUT2D eigenvalue weighted by Crippen LogP contribution is -2.41. The molecule has 0 heterocycles. The van der Waals surface area contributed by atoms with Crippen LogP contribution in [0.3, 0.4) is 0 Å². The van der Waals surface area contributed by atoms with Gasteiger partial charge in [-0.05, 0) is 36.2 Å². The van der Waals surface area contributed by atoms with Crippen molar-refractivity contribution in [3.63, 3.8) is 0 Å². The maximum absolute atomic E-state index is 13.1. The van der Waals surface area contributed by atoms with Gasteiger partial charge in [0.05, 0.1) is 10.6 Å². The van der Waals surface area contributed by atoms with Gasteiger partial charge in [-0.3, -0.25) is 9.10 Å². The molecule has 0 saturated heterocycles. The van der Waals surface area contributed by atoms with Gasteiger partial charge < -0.3 is 5.32 Å². The fourth-order valence-electron chi connectivity index (χ4n) is 2.22. The monoisotopic (exact) mass is 414 g/mol. The lowest BCUT2D eigenvalue weighted by atomic mass is 10.2. The Hall–Kier alpha value is -1.76. The molecule has 0 radical (unpaired) electrons. The van der Waals surface area contributed by atoms with Crippen LogP contribution in [0, 0.1) is 5.92 Å². The second-order valence-corrected chi connectivity index (χ2v) is 8.89. The van der Waals surface area contributed by atoms with Gasteiger partial charge in [0, 0.05) is 16.6 Å². The van der Waals surface area contributed by atoms with E-state index in [0.29, 0.717) is 6.54 Å². The van der Waals surface area contributed by atoms with Crippen molar-refractivity contribution in [2.24, 2.45) is 5.92 Å². The van der Waals surface area contributed by atoms with Crippen LogP contribution in [0.5, 0.6) is 0 Å². The fourth-order valence-corrected chi connectivity index (χ4v) is 4.16. The Kier molecular flexibility index (Phi) is 6.92. The first kappa shape index (κ1) is 20.6. The van der Waals surface area contributed by atoms with E-state index in [2.05, 4.69) is 5.32 Å². The van der Waals surface area contributed by atoms with Gasteiger partial charge in [0.25, 0.3) is 10.0 Å². The number of anilines is 1. The number of rotatable bonds is 7. The van der Waals surface area contributed by atoms with Crippen molar-refractivity contribution in [3.05, 3.63) is 58.6 Å². The van der Waals surface area contributed by atoms with Crippen LogP contribution in [0.25, 0.3) is 0 Å². The third-order valence-electron chi connectivity index (χ3n) is 3.46. The average molecular weight is 415 g/mol. The van der Waals surface area contributed by atoms with Crippen molar-refractivity contribution in [2.45, 2.75) is 18.7 Å². The molecule has 0 aliphatic carbocycles. The SMILES string of the molecule is CC(C)CNC(=O)CN(c1cc(Cl)cc(Cl)c1)S(=O)(=O)c1ccccc1. The fraction of sp³-hybridized carbons (Fsp3) is 0.278. The maximum Gasteiger partial charge on any atom is 0.264 e. The lowest BCUT2D eigenvalue weighted by molar-refractivity contribution is -0.119. The van der Waals surface area contributed by atoms with Gasteiger partial charge >= 0.3 is 0 Å². The molecule has 2 aromatic carbocycles. The van der Waals surface area contributed by atoms with E-state index >= 15 is 0 Å². The summed E-state index contributed by atoms with van der Waals surface area (Å²) in [6.45, 7) is 3.99. The highest BCUT2D eigenvalue weighted by Gasteiger charge is 2.27. The van der Waals surface area contributed by atoms with Crippen LogP contribution in [-0.2, 0) is 14.8 Å². The minimum absolute atomic E-state index is 0.0766. The topological polar surface area (TPSA) is 66.5 Å². The molecule has 26 heavy (non-hydrogen) atoms. The molecule has 0 fully saturated rings. The van der Waals surface area contributed by atoms with Crippen molar-refractivity contribution in [1.29, 1.82) is 0 Å². The van der Waals surface area contributed by atoms with E-state index in [1.165, 1.54) is 30.3 Å². The Morgan fingerprint density at radius 2 is 1.65 bits per heavy atom. The zero-order chi connectivity index (χ0) is 19.3. The van der Waals surface area contributed by atoms with E-state index in [-0.39, 0.29) is 33.1 Å². The van der Waals surface area contributed by atoms with Crippen LogP contribution in [0.4, 0.5) is 5.69 Å². The first-order chi connectivity index (χ1) is 12.2. The Balaban J connectivity index is 2.43. The summed E-state index contributed by atoms with van der Waals surface area (Å²) in [5, 5.41) is 3.29. The molecule has 2 rings (SSSR count). The molecule has 5 nitrogen and oxygen atoms in total. The van der Waals surface area contributed by atoms with Gasteiger partial charge in [-0.2, -0.15) is 0 Å². The number of hydrogen-bond donors (Lipinski definition) is 1. The number of nitrogens with zero attached hydrogens (tertiary/aromatic N) is 1. The highest BCUT2D eigenvalue weighted by Crippen LogP contribution is 2.29. The summed E-state index contributed by atoms with van der Waals surface area (Å²) >= 11 is 12.0. The predicted molar refractivity (Wildman–Crippen MR) is 105 cm³/mol. The molecule has 0 spiro atoms. The average Bonchev–Trinajstić information content (AvgIpc) is 2.57. The number of benzene rings is 2. The smallest absolute Gasteiger partial charge is 0.264 e.